The molecule has 0 unspecified atom stereocenters. The van der Waals surface area contributed by atoms with Crippen molar-refractivity contribution in [1.29, 1.82) is 0 Å². The molecule has 0 aliphatic heterocycles. The summed E-state index contributed by atoms with van der Waals surface area (Å²) in [5, 5.41) is 10.6. The second kappa shape index (κ2) is 3.74. The van der Waals surface area contributed by atoms with E-state index in [0.29, 0.717) is 16.1 Å². The average molecular weight is 312 g/mol. The number of rotatable bonds is 1. The van der Waals surface area contributed by atoms with Gasteiger partial charge in [-0.1, -0.05) is 0 Å². The molecule has 0 bridgehead atoms. The van der Waals surface area contributed by atoms with Gasteiger partial charge in [-0.25, -0.2) is 4.68 Å². The summed E-state index contributed by atoms with van der Waals surface area (Å²) in [6.07, 6.45) is 1.66. The Morgan fingerprint density at radius 2 is 2.29 bits per heavy atom. The van der Waals surface area contributed by atoms with Crippen LogP contribution in [0, 0.1) is 0 Å². The molecule has 86 valence electrons. The van der Waals surface area contributed by atoms with Crippen LogP contribution in [-0.2, 0) is 7.05 Å². The second-order valence-corrected chi connectivity index (χ2v) is 5.02. The Hall–Kier alpha value is -1.54. The van der Waals surface area contributed by atoms with Crippen LogP contribution < -0.4 is 5.56 Å². The highest BCUT2D eigenvalue weighted by Gasteiger charge is 2.12. The topological polar surface area (TPSA) is 65.6 Å². The van der Waals surface area contributed by atoms with Gasteiger partial charge in [0, 0.05) is 7.05 Å². The first-order valence-electron chi connectivity index (χ1n) is 4.69. The third kappa shape index (κ3) is 1.60. The molecule has 0 saturated heterocycles. The highest BCUT2D eigenvalue weighted by molar-refractivity contribution is 9.10. The van der Waals surface area contributed by atoms with E-state index < -0.39 is 0 Å². The highest BCUT2D eigenvalue weighted by atomic mass is 79.9. The minimum Gasteiger partial charge on any atom is -0.267 e. The molecule has 0 fully saturated rings. The summed E-state index contributed by atoms with van der Waals surface area (Å²) in [5.41, 5.74) is -0.188. The highest BCUT2D eigenvalue weighted by Crippen LogP contribution is 2.16. The van der Waals surface area contributed by atoms with E-state index in [-0.39, 0.29) is 5.56 Å². The van der Waals surface area contributed by atoms with Gasteiger partial charge in [-0.05, 0) is 27.4 Å². The largest absolute Gasteiger partial charge is 0.282 e. The zero-order chi connectivity index (χ0) is 12.0. The van der Waals surface area contributed by atoms with Crippen LogP contribution >= 0.6 is 27.3 Å². The molecule has 0 saturated carbocycles. The molecule has 0 N–H and O–H groups in total. The predicted molar refractivity (Wildman–Crippen MR) is 67.5 cm³/mol. The van der Waals surface area contributed by atoms with Crippen molar-refractivity contribution in [2.75, 3.05) is 0 Å². The summed E-state index contributed by atoms with van der Waals surface area (Å²) in [4.78, 5) is 16.3. The molecule has 0 atom stereocenters. The molecule has 3 aromatic rings. The predicted octanol–water partition coefficient (Wildman–Crippen LogP) is 1.34. The number of hydrogen-bond acceptors (Lipinski definition) is 5. The first-order chi connectivity index (χ1) is 8.16. The quantitative estimate of drug-likeness (QED) is 0.680. The van der Waals surface area contributed by atoms with Gasteiger partial charge in [0.1, 0.15) is 0 Å². The molecular formula is C9H6BrN5OS. The zero-order valence-corrected chi connectivity index (χ0v) is 11.1. The Bertz CT molecular complexity index is 758. The maximum absolute atomic E-state index is 12.2. The SMILES string of the molecule is Cn1nc(Br)nc1-n1ncc2sccc2c1=O. The van der Waals surface area contributed by atoms with Crippen molar-refractivity contribution in [2.45, 2.75) is 0 Å². The number of hydrogen-bond donors (Lipinski definition) is 0. The number of aromatic nitrogens is 5. The number of thiophene rings is 1. The third-order valence-corrected chi connectivity index (χ3v) is 3.50. The van der Waals surface area contributed by atoms with Crippen LogP contribution in [0.2, 0.25) is 0 Å². The van der Waals surface area contributed by atoms with Crippen molar-refractivity contribution < 1.29 is 0 Å². The van der Waals surface area contributed by atoms with Crippen LogP contribution in [-0.4, -0.2) is 24.5 Å². The van der Waals surface area contributed by atoms with Crippen molar-refractivity contribution in [2.24, 2.45) is 7.05 Å². The van der Waals surface area contributed by atoms with E-state index in [9.17, 15) is 4.79 Å². The Morgan fingerprint density at radius 1 is 1.47 bits per heavy atom. The van der Waals surface area contributed by atoms with E-state index in [0.717, 1.165) is 4.70 Å². The number of halogens is 1. The van der Waals surface area contributed by atoms with Gasteiger partial charge < -0.3 is 0 Å². The molecular weight excluding hydrogens is 306 g/mol. The van der Waals surface area contributed by atoms with Gasteiger partial charge in [-0.15, -0.1) is 16.4 Å². The lowest BCUT2D eigenvalue weighted by atomic mass is 10.4. The molecule has 0 spiro atoms. The summed E-state index contributed by atoms with van der Waals surface area (Å²) in [5.74, 6) is 0.384. The molecule has 17 heavy (non-hydrogen) atoms. The fraction of sp³-hybridized carbons (Fsp3) is 0.111. The second-order valence-electron chi connectivity index (χ2n) is 3.36. The monoisotopic (exact) mass is 311 g/mol. The zero-order valence-electron chi connectivity index (χ0n) is 8.66. The van der Waals surface area contributed by atoms with Crippen molar-refractivity contribution in [3.8, 4) is 5.95 Å². The molecule has 3 aromatic heterocycles. The minimum absolute atomic E-state index is 0.188. The molecule has 0 aromatic carbocycles. The van der Waals surface area contributed by atoms with Gasteiger partial charge >= 0.3 is 0 Å². The first kappa shape index (κ1) is 10.6. The minimum atomic E-state index is -0.188. The van der Waals surface area contributed by atoms with Crippen LogP contribution in [0.25, 0.3) is 16.0 Å². The van der Waals surface area contributed by atoms with Crippen LogP contribution in [0.15, 0.2) is 27.2 Å². The van der Waals surface area contributed by atoms with Crippen molar-refractivity contribution in [3.63, 3.8) is 0 Å². The van der Waals surface area contributed by atoms with Crippen LogP contribution in [0.5, 0.6) is 0 Å². The number of nitrogens with zero attached hydrogens (tertiary/aromatic N) is 5. The maximum atomic E-state index is 12.2. The molecule has 8 heteroatoms. The van der Waals surface area contributed by atoms with E-state index >= 15 is 0 Å². The molecule has 0 aliphatic rings. The summed E-state index contributed by atoms with van der Waals surface area (Å²) < 4.78 is 4.03. The fourth-order valence-corrected chi connectivity index (χ4v) is 2.68. The van der Waals surface area contributed by atoms with E-state index in [1.807, 2.05) is 5.38 Å². The van der Waals surface area contributed by atoms with Gasteiger partial charge in [0.05, 0.1) is 16.3 Å². The van der Waals surface area contributed by atoms with Gasteiger partial charge in [0.15, 0.2) is 0 Å². The van der Waals surface area contributed by atoms with E-state index in [1.54, 1.807) is 19.3 Å². The normalized spacial score (nSPS) is 11.2. The Labute approximate surface area is 108 Å². The Morgan fingerprint density at radius 3 is 3.00 bits per heavy atom. The average Bonchev–Trinajstić information content (AvgIpc) is 2.86. The molecule has 6 nitrogen and oxygen atoms in total. The lowest BCUT2D eigenvalue weighted by molar-refractivity contribution is 0.669. The van der Waals surface area contributed by atoms with Crippen LogP contribution in [0.4, 0.5) is 0 Å². The Balaban J connectivity index is 2.34. The van der Waals surface area contributed by atoms with Crippen molar-refractivity contribution >= 4 is 37.4 Å². The summed E-state index contributed by atoms with van der Waals surface area (Å²) in [6, 6.07) is 1.78. The van der Waals surface area contributed by atoms with Crippen molar-refractivity contribution in [1.82, 2.24) is 24.5 Å². The maximum Gasteiger partial charge on any atom is 0.282 e. The lowest BCUT2D eigenvalue weighted by Gasteiger charge is -2.01. The standard InChI is InChI=1S/C9H6BrN5OS/c1-14-9(12-8(10)13-14)15-7(16)5-2-3-17-6(5)4-11-15/h2-4H,1H3. The van der Waals surface area contributed by atoms with E-state index in [1.165, 1.54) is 20.7 Å². The fourth-order valence-electron chi connectivity index (χ4n) is 1.55. The number of aryl methyl sites for hydroxylation is 1. The summed E-state index contributed by atoms with van der Waals surface area (Å²) in [7, 11) is 1.71. The van der Waals surface area contributed by atoms with Gasteiger partial charge in [-0.2, -0.15) is 14.8 Å². The molecule has 3 heterocycles. The molecule has 0 radical (unpaired) electrons. The van der Waals surface area contributed by atoms with Crippen molar-refractivity contribution in [3.05, 3.63) is 32.7 Å². The Kier molecular flexibility index (Phi) is 2.33. The van der Waals surface area contributed by atoms with Gasteiger partial charge in [0.2, 0.25) is 4.73 Å². The number of fused-ring (bicyclic) bond motifs is 1. The molecule has 3 rings (SSSR count). The lowest BCUT2D eigenvalue weighted by Crippen LogP contribution is -2.23. The molecule has 0 amide bonds. The van der Waals surface area contributed by atoms with E-state index in [4.69, 9.17) is 0 Å². The van der Waals surface area contributed by atoms with E-state index in [2.05, 4.69) is 31.1 Å². The van der Waals surface area contributed by atoms with Crippen LogP contribution in [0.1, 0.15) is 0 Å². The third-order valence-electron chi connectivity index (χ3n) is 2.31. The summed E-state index contributed by atoms with van der Waals surface area (Å²) in [6.45, 7) is 0. The summed E-state index contributed by atoms with van der Waals surface area (Å²) >= 11 is 4.65. The van der Waals surface area contributed by atoms with Gasteiger partial charge in [-0.3, -0.25) is 4.79 Å². The first-order valence-corrected chi connectivity index (χ1v) is 6.36. The molecule has 0 aliphatic carbocycles. The van der Waals surface area contributed by atoms with Gasteiger partial charge in [0.25, 0.3) is 11.5 Å². The van der Waals surface area contributed by atoms with Crippen LogP contribution in [0.3, 0.4) is 0 Å². The smallest absolute Gasteiger partial charge is 0.267 e.